The maximum Gasteiger partial charge on any atom is 0.253 e. The van der Waals surface area contributed by atoms with Crippen molar-refractivity contribution in [2.24, 2.45) is 0 Å². The SMILES string of the molecule is CC(C)N(C(=O)[C@H](O)[C@H](I)c1ccccc1)C(C)C. The number of carbonyl (C=O) groups excluding carboxylic acids is 1. The first-order chi connectivity index (χ1) is 8.86. The number of nitrogens with zero attached hydrogens (tertiary/aromatic N) is 1. The lowest BCUT2D eigenvalue weighted by Crippen LogP contribution is -2.48. The lowest BCUT2D eigenvalue weighted by molar-refractivity contribution is -0.143. The van der Waals surface area contributed by atoms with Crippen LogP contribution in [-0.4, -0.2) is 34.1 Å². The van der Waals surface area contributed by atoms with E-state index in [0.29, 0.717) is 0 Å². The zero-order valence-electron chi connectivity index (χ0n) is 11.9. The van der Waals surface area contributed by atoms with Crippen LogP contribution in [0, 0.1) is 0 Å². The third-order valence-corrected chi connectivity index (χ3v) is 4.42. The quantitative estimate of drug-likeness (QED) is 0.635. The molecule has 106 valence electrons. The predicted molar refractivity (Wildman–Crippen MR) is 86.3 cm³/mol. The molecule has 0 radical (unpaired) electrons. The Labute approximate surface area is 129 Å². The molecule has 0 saturated heterocycles. The number of amides is 1. The number of rotatable bonds is 5. The second-order valence-corrected chi connectivity index (χ2v) is 6.53. The molecule has 0 heterocycles. The van der Waals surface area contributed by atoms with E-state index in [2.05, 4.69) is 22.6 Å². The fourth-order valence-electron chi connectivity index (χ4n) is 2.20. The molecule has 0 saturated carbocycles. The van der Waals surface area contributed by atoms with E-state index >= 15 is 0 Å². The van der Waals surface area contributed by atoms with E-state index in [-0.39, 0.29) is 21.9 Å². The Bertz CT molecular complexity index is 398. The van der Waals surface area contributed by atoms with Gasteiger partial charge in [0.15, 0.2) is 0 Å². The first-order valence-electron chi connectivity index (χ1n) is 6.55. The van der Waals surface area contributed by atoms with Gasteiger partial charge in [0, 0.05) is 12.1 Å². The van der Waals surface area contributed by atoms with Crippen molar-refractivity contribution in [2.45, 2.75) is 49.8 Å². The Morgan fingerprint density at radius 3 is 2.00 bits per heavy atom. The summed E-state index contributed by atoms with van der Waals surface area (Å²) in [6, 6.07) is 9.80. The minimum Gasteiger partial charge on any atom is -0.382 e. The van der Waals surface area contributed by atoms with Crippen LogP contribution in [0.2, 0.25) is 0 Å². The van der Waals surface area contributed by atoms with Crippen molar-refractivity contribution in [3.05, 3.63) is 35.9 Å². The molecule has 0 spiro atoms. The van der Waals surface area contributed by atoms with Crippen molar-refractivity contribution in [3.8, 4) is 0 Å². The van der Waals surface area contributed by atoms with E-state index < -0.39 is 6.10 Å². The molecule has 19 heavy (non-hydrogen) atoms. The molecule has 0 unspecified atom stereocenters. The van der Waals surface area contributed by atoms with Crippen molar-refractivity contribution in [1.29, 1.82) is 0 Å². The summed E-state index contributed by atoms with van der Waals surface area (Å²) in [4.78, 5) is 14.1. The van der Waals surface area contributed by atoms with E-state index in [9.17, 15) is 9.90 Å². The summed E-state index contributed by atoms with van der Waals surface area (Å²) >= 11 is 2.13. The average Bonchev–Trinajstić information content (AvgIpc) is 2.37. The van der Waals surface area contributed by atoms with Gasteiger partial charge in [0.2, 0.25) is 0 Å². The lowest BCUT2D eigenvalue weighted by atomic mass is 10.1. The van der Waals surface area contributed by atoms with Crippen LogP contribution in [0.25, 0.3) is 0 Å². The van der Waals surface area contributed by atoms with Gasteiger partial charge in [-0.1, -0.05) is 52.9 Å². The third kappa shape index (κ3) is 4.18. The normalized spacial score (nSPS) is 14.5. The summed E-state index contributed by atoms with van der Waals surface area (Å²) in [7, 11) is 0. The van der Waals surface area contributed by atoms with Gasteiger partial charge in [0.25, 0.3) is 5.91 Å². The Balaban J connectivity index is 2.87. The summed E-state index contributed by atoms with van der Waals surface area (Å²) in [6.45, 7) is 7.87. The molecular weight excluding hydrogens is 353 g/mol. The molecule has 1 aromatic rings. The highest BCUT2D eigenvalue weighted by Gasteiger charge is 2.31. The van der Waals surface area contributed by atoms with Crippen molar-refractivity contribution in [3.63, 3.8) is 0 Å². The summed E-state index contributed by atoms with van der Waals surface area (Å²) in [5.41, 5.74) is 0.969. The largest absolute Gasteiger partial charge is 0.382 e. The van der Waals surface area contributed by atoms with Crippen LogP contribution >= 0.6 is 22.6 Å². The zero-order chi connectivity index (χ0) is 14.6. The highest BCUT2D eigenvalue weighted by Crippen LogP contribution is 2.28. The van der Waals surface area contributed by atoms with Crippen molar-refractivity contribution in [1.82, 2.24) is 4.90 Å². The van der Waals surface area contributed by atoms with Crippen LogP contribution in [0.15, 0.2) is 30.3 Å². The van der Waals surface area contributed by atoms with Crippen LogP contribution in [0.4, 0.5) is 0 Å². The fourth-order valence-corrected chi connectivity index (χ4v) is 2.93. The van der Waals surface area contributed by atoms with Gasteiger partial charge in [-0.3, -0.25) is 4.79 Å². The average molecular weight is 375 g/mol. The van der Waals surface area contributed by atoms with E-state index in [0.717, 1.165) is 5.56 Å². The zero-order valence-corrected chi connectivity index (χ0v) is 14.0. The molecule has 0 bridgehead atoms. The molecule has 2 atom stereocenters. The highest BCUT2D eigenvalue weighted by atomic mass is 127. The number of hydrogen-bond donors (Lipinski definition) is 1. The number of aliphatic hydroxyl groups excluding tert-OH is 1. The molecule has 4 heteroatoms. The monoisotopic (exact) mass is 375 g/mol. The molecule has 1 N–H and O–H groups in total. The summed E-state index contributed by atoms with van der Waals surface area (Å²) in [5, 5.41) is 10.3. The molecule has 0 fully saturated rings. The number of benzene rings is 1. The van der Waals surface area contributed by atoms with Gasteiger partial charge in [-0.25, -0.2) is 0 Å². The van der Waals surface area contributed by atoms with Crippen molar-refractivity contribution >= 4 is 28.5 Å². The van der Waals surface area contributed by atoms with Gasteiger partial charge in [-0.05, 0) is 33.3 Å². The van der Waals surface area contributed by atoms with Crippen LogP contribution in [0.3, 0.4) is 0 Å². The smallest absolute Gasteiger partial charge is 0.253 e. The molecule has 1 amide bonds. The molecule has 0 aromatic heterocycles. The predicted octanol–water partition coefficient (Wildman–Crippen LogP) is 3.17. The van der Waals surface area contributed by atoms with Gasteiger partial charge in [0.05, 0.1) is 3.92 Å². The molecule has 1 aromatic carbocycles. The standard InChI is InChI=1S/C15H22INO2/c1-10(2)17(11(3)4)15(19)14(18)13(16)12-8-6-5-7-9-12/h5-11,13-14,18H,1-4H3/t13-,14-/m1/s1. The number of alkyl halides is 1. The Hall–Kier alpha value is -0.620. The molecular formula is C15H22INO2. The first-order valence-corrected chi connectivity index (χ1v) is 7.80. The van der Waals surface area contributed by atoms with Crippen molar-refractivity contribution in [2.75, 3.05) is 0 Å². The minimum absolute atomic E-state index is 0.0847. The van der Waals surface area contributed by atoms with Gasteiger partial charge >= 0.3 is 0 Å². The van der Waals surface area contributed by atoms with Crippen LogP contribution in [-0.2, 0) is 4.79 Å². The number of aliphatic hydroxyl groups is 1. The third-order valence-electron chi connectivity index (χ3n) is 3.02. The molecule has 3 nitrogen and oxygen atoms in total. The minimum atomic E-state index is -1.01. The van der Waals surface area contributed by atoms with E-state index in [1.165, 1.54) is 0 Å². The molecule has 0 aliphatic heterocycles. The van der Waals surface area contributed by atoms with Crippen LogP contribution in [0.5, 0.6) is 0 Å². The second-order valence-electron chi connectivity index (χ2n) is 5.19. The first kappa shape index (κ1) is 16.4. The maximum absolute atomic E-state index is 12.4. The number of halogens is 1. The topological polar surface area (TPSA) is 40.5 Å². The Kier molecular flexibility index (Phi) is 6.26. The summed E-state index contributed by atoms with van der Waals surface area (Å²) in [5.74, 6) is -0.201. The Morgan fingerprint density at radius 2 is 1.58 bits per heavy atom. The van der Waals surface area contributed by atoms with Gasteiger partial charge < -0.3 is 10.0 Å². The lowest BCUT2D eigenvalue weighted by Gasteiger charge is -2.33. The Morgan fingerprint density at radius 1 is 1.11 bits per heavy atom. The van der Waals surface area contributed by atoms with Gasteiger partial charge in [0.1, 0.15) is 6.10 Å². The van der Waals surface area contributed by atoms with Crippen LogP contribution < -0.4 is 0 Å². The highest BCUT2D eigenvalue weighted by molar-refractivity contribution is 14.1. The van der Waals surface area contributed by atoms with Crippen LogP contribution in [0.1, 0.15) is 37.2 Å². The number of carbonyl (C=O) groups is 1. The van der Waals surface area contributed by atoms with E-state index in [4.69, 9.17) is 0 Å². The summed E-state index contributed by atoms with van der Waals surface area (Å²) < 4.78 is -0.230. The van der Waals surface area contributed by atoms with E-state index in [1.807, 2.05) is 58.0 Å². The maximum atomic E-state index is 12.4. The summed E-state index contributed by atoms with van der Waals surface area (Å²) in [6.07, 6.45) is -1.01. The second kappa shape index (κ2) is 7.24. The number of hydrogen-bond acceptors (Lipinski definition) is 2. The molecule has 1 rings (SSSR count). The van der Waals surface area contributed by atoms with E-state index in [1.54, 1.807) is 4.90 Å². The van der Waals surface area contributed by atoms with Gasteiger partial charge in [-0.2, -0.15) is 0 Å². The fraction of sp³-hybridized carbons (Fsp3) is 0.533. The van der Waals surface area contributed by atoms with Gasteiger partial charge in [-0.15, -0.1) is 0 Å². The van der Waals surface area contributed by atoms with Crippen molar-refractivity contribution < 1.29 is 9.90 Å². The molecule has 0 aliphatic carbocycles. The molecule has 0 aliphatic rings.